The summed E-state index contributed by atoms with van der Waals surface area (Å²) < 4.78 is 15.1. The van der Waals surface area contributed by atoms with Crippen molar-refractivity contribution in [3.63, 3.8) is 0 Å². The van der Waals surface area contributed by atoms with E-state index in [-0.39, 0.29) is 5.82 Å². The lowest BCUT2D eigenvalue weighted by Gasteiger charge is -2.01. The molecular weight excluding hydrogens is 301 g/mol. The highest BCUT2D eigenvalue weighted by atomic mass is 79.9. The van der Waals surface area contributed by atoms with Gasteiger partial charge in [-0.2, -0.15) is 0 Å². The van der Waals surface area contributed by atoms with Crippen LogP contribution in [-0.4, -0.2) is 25.0 Å². The van der Waals surface area contributed by atoms with Crippen LogP contribution >= 0.6 is 15.9 Å². The average Bonchev–Trinajstić information content (AvgIpc) is 2.75. The highest BCUT2D eigenvalue weighted by molar-refractivity contribution is 9.10. The minimum absolute atomic E-state index is 0.260. The molecule has 2 heterocycles. The molecule has 0 amide bonds. The van der Waals surface area contributed by atoms with E-state index in [2.05, 4.69) is 36.2 Å². The molecule has 5 nitrogen and oxygen atoms in total. The van der Waals surface area contributed by atoms with Crippen molar-refractivity contribution in [1.82, 2.24) is 25.0 Å². The Morgan fingerprint density at radius 3 is 2.78 bits per heavy atom. The van der Waals surface area contributed by atoms with Crippen LogP contribution in [0, 0.1) is 5.82 Å². The van der Waals surface area contributed by atoms with E-state index >= 15 is 0 Å². The Morgan fingerprint density at radius 2 is 2.00 bits per heavy atom. The van der Waals surface area contributed by atoms with Gasteiger partial charge in [0.25, 0.3) is 0 Å². The summed E-state index contributed by atoms with van der Waals surface area (Å²) in [5, 5.41) is 7.90. The predicted molar refractivity (Wildman–Crippen MR) is 66.3 cm³/mol. The van der Waals surface area contributed by atoms with Crippen molar-refractivity contribution in [3.8, 4) is 0 Å². The molecule has 0 aliphatic rings. The van der Waals surface area contributed by atoms with Crippen LogP contribution in [0.3, 0.4) is 0 Å². The molecule has 0 bridgehead atoms. The second kappa shape index (κ2) is 4.41. The molecule has 1 aromatic carbocycles. The monoisotopic (exact) mass is 307 g/mol. The zero-order chi connectivity index (χ0) is 12.5. The molecule has 0 aliphatic carbocycles. The lowest BCUT2D eigenvalue weighted by atomic mass is 10.2. The molecular formula is C11H7BrFN5. The molecule has 0 spiro atoms. The van der Waals surface area contributed by atoms with E-state index < -0.39 is 0 Å². The number of rotatable bonds is 2. The Balaban J connectivity index is 1.99. The lowest BCUT2D eigenvalue weighted by Crippen LogP contribution is -2.03. The highest BCUT2D eigenvalue weighted by Gasteiger charge is 2.08. The maximum Gasteiger partial charge on any atom is 0.221 e. The molecule has 0 atom stereocenters. The first kappa shape index (κ1) is 11.2. The first-order chi connectivity index (χ1) is 8.72. The second-order valence-corrected chi connectivity index (χ2v) is 4.53. The van der Waals surface area contributed by atoms with E-state index in [1.165, 1.54) is 12.1 Å². The fraction of sp³-hybridized carbons (Fsp3) is 0.0909. The Hall–Kier alpha value is -1.89. The summed E-state index contributed by atoms with van der Waals surface area (Å²) in [5.41, 5.74) is 2.00. The average molecular weight is 308 g/mol. The molecule has 0 N–H and O–H groups in total. The third kappa shape index (κ3) is 2.08. The van der Waals surface area contributed by atoms with Gasteiger partial charge >= 0.3 is 0 Å². The minimum Gasteiger partial charge on any atom is -0.229 e. The van der Waals surface area contributed by atoms with Gasteiger partial charge in [-0.15, -0.1) is 5.10 Å². The van der Waals surface area contributed by atoms with Crippen molar-refractivity contribution < 1.29 is 4.39 Å². The third-order valence-electron chi connectivity index (χ3n) is 2.44. The van der Waals surface area contributed by atoms with Crippen molar-refractivity contribution in [2.45, 2.75) is 6.54 Å². The fourth-order valence-electron chi connectivity index (χ4n) is 1.60. The topological polar surface area (TPSA) is 56.5 Å². The Labute approximate surface area is 110 Å². The summed E-state index contributed by atoms with van der Waals surface area (Å²) in [4.78, 5) is 8.36. The Bertz CT molecular complexity index is 694. The Kier molecular flexibility index (Phi) is 2.75. The van der Waals surface area contributed by atoms with E-state index in [4.69, 9.17) is 0 Å². The van der Waals surface area contributed by atoms with Gasteiger partial charge in [0.15, 0.2) is 5.65 Å². The molecule has 18 heavy (non-hydrogen) atoms. The third-order valence-corrected chi connectivity index (χ3v) is 2.83. The summed E-state index contributed by atoms with van der Waals surface area (Å²) in [6.45, 7) is 0.474. The summed E-state index contributed by atoms with van der Waals surface area (Å²) in [7, 11) is 0. The number of fused-ring (bicyclic) bond motifs is 1. The predicted octanol–water partition coefficient (Wildman–Crippen LogP) is 2.17. The van der Waals surface area contributed by atoms with Crippen molar-refractivity contribution in [2.24, 2.45) is 0 Å². The maximum atomic E-state index is 12.8. The maximum absolute atomic E-state index is 12.8. The zero-order valence-corrected chi connectivity index (χ0v) is 10.7. The van der Waals surface area contributed by atoms with Crippen LogP contribution in [-0.2, 0) is 6.54 Å². The molecule has 0 aliphatic heterocycles. The van der Waals surface area contributed by atoms with Gasteiger partial charge in [0.2, 0.25) is 5.65 Å². The van der Waals surface area contributed by atoms with Gasteiger partial charge < -0.3 is 0 Å². The van der Waals surface area contributed by atoms with E-state index in [0.29, 0.717) is 22.4 Å². The van der Waals surface area contributed by atoms with Crippen LogP contribution in [0.15, 0.2) is 35.1 Å². The molecule has 0 unspecified atom stereocenters. The van der Waals surface area contributed by atoms with Crippen molar-refractivity contribution in [2.75, 3.05) is 0 Å². The van der Waals surface area contributed by atoms with Crippen molar-refractivity contribution in [3.05, 3.63) is 46.4 Å². The molecule has 90 valence electrons. The summed E-state index contributed by atoms with van der Waals surface area (Å²) >= 11 is 3.25. The van der Waals surface area contributed by atoms with Gasteiger partial charge in [0.05, 0.1) is 12.7 Å². The smallest absolute Gasteiger partial charge is 0.221 e. The lowest BCUT2D eigenvalue weighted by molar-refractivity contribution is 0.623. The largest absolute Gasteiger partial charge is 0.229 e. The summed E-state index contributed by atoms with van der Waals surface area (Å²) in [6, 6.07) is 6.23. The number of benzene rings is 1. The van der Waals surface area contributed by atoms with Crippen LogP contribution in [0.2, 0.25) is 0 Å². The molecule has 7 heteroatoms. The Morgan fingerprint density at radius 1 is 1.22 bits per heavy atom. The van der Waals surface area contributed by atoms with Gasteiger partial charge in [-0.05, 0) is 33.6 Å². The molecule has 3 rings (SSSR count). The summed E-state index contributed by atoms with van der Waals surface area (Å²) in [5.74, 6) is -0.260. The SMILES string of the molecule is Fc1ccc(Cn2nnc3ncc(Br)nc32)cc1. The number of halogens is 2. The van der Waals surface area contributed by atoms with E-state index in [1.807, 2.05) is 0 Å². The highest BCUT2D eigenvalue weighted by Crippen LogP contribution is 2.12. The first-order valence-corrected chi connectivity index (χ1v) is 5.98. The van der Waals surface area contributed by atoms with E-state index in [0.717, 1.165) is 5.56 Å². The second-order valence-electron chi connectivity index (χ2n) is 3.71. The van der Waals surface area contributed by atoms with Gasteiger partial charge in [-0.3, -0.25) is 0 Å². The van der Waals surface area contributed by atoms with E-state index in [1.54, 1.807) is 23.0 Å². The van der Waals surface area contributed by atoms with Gasteiger partial charge in [0.1, 0.15) is 10.4 Å². The van der Waals surface area contributed by atoms with Crippen LogP contribution in [0.4, 0.5) is 4.39 Å². The molecule has 0 saturated carbocycles. The van der Waals surface area contributed by atoms with Crippen LogP contribution in [0.1, 0.15) is 5.56 Å². The number of hydrogen-bond donors (Lipinski definition) is 0. The molecule has 3 aromatic rings. The normalized spacial score (nSPS) is 11.0. The molecule has 0 saturated heterocycles. The summed E-state index contributed by atoms with van der Waals surface area (Å²) in [6.07, 6.45) is 1.57. The number of hydrogen-bond acceptors (Lipinski definition) is 4. The molecule has 0 radical (unpaired) electrons. The fourth-order valence-corrected chi connectivity index (χ4v) is 1.87. The van der Waals surface area contributed by atoms with Gasteiger partial charge in [-0.25, -0.2) is 19.0 Å². The van der Waals surface area contributed by atoms with Gasteiger partial charge in [-0.1, -0.05) is 17.3 Å². The first-order valence-electron chi connectivity index (χ1n) is 5.18. The van der Waals surface area contributed by atoms with Crippen molar-refractivity contribution in [1.29, 1.82) is 0 Å². The molecule has 0 fully saturated rings. The standard InChI is InChI=1S/C11H7BrFN5/c12-9-5-14-10-11(15-9)18(17-16-10)6-7-1-3-8(13)4-2-7/h1-5H,6H2. The molecule has 2 aromatic heterocycles. The number of aromatic nitrogens is 5. The quantitative estimate of drug-likeness (QED) is 0.728. The van der Waals surface area contributed by atoms with E-state index in [9.17, 15) is 4.39 Å². The van der Waals surface area contributed by atoms with Crippen LogP contribution in [0.5, 0.6) is 0 Å². The zero-order valence-electron chi connectivity index (χ0n) is 9.09. The van der Waals surface area contributed by atoms with Crippen molar-refractivity contribution >= 4 is 27.2 Å². The van der Waals surface area contributed by atoms with Crippen LogP contribution < -0.4 is 0 Å². The number of nitrogens with zero attached hydrogens (tertiary/aromatic N) is 5. The van der Waals surface area contributed by atoms with Gasteiger partial charge in [0, 0.05) is 0 Å². The van der Waals surface area contributed by atoms with Crippen LogP contribution in [0.25, 0.3) is 11.3 Å². The minimum atomic E-state index is -0.260.